The number of allylic oxidation sites excluding steroid dienone is 1. The van der Waals surface area contributed by atoms with Crippen molar-refractivity contribution in [3.05, 3.63) is 67.4 Å². The van der Waals surface area contributed by atoms with Crippen molar-refractivity contribution in [2.24, 2.45) is 0 Å². The number of nitrogens with one attached hydrogen (secondary N) is 3. The van der Waals surface area contributed by atoms with Gasteiger partial charge in [0.2, 0.25) is 0 Å². The standard InChI is InChI=1S/C19H18F3N3O3S/c1-8(2)28-17(27)12-9(3)23-15-14(16(26)25-18(29)24-15)13(12)10-6-4-5-7-11(10)19(20,21)22/h4-8,13H,1-3H3,(H3,23,24,25,26,29). The molecule has 1 aromatic carbocycles. The summed E-state index contributed by atoms with van der Waals surface area (Å²) in [6, 6.07) is 4.84. The number of aromatic amines is 2. The third-order valence-electron chi connectivity index (χ3n) is 4.41. The third-order valence-corrected chi connectivity index (χ3v) is 4.62. The molecule has 0 radical (unpaired) electrons. The summed E-state index contributed by atoms with van der Waals surface area (Å²) < 4.78 is 46.4. The molecule has 0 saturated heterocycles. The number of hydrogen-bond donors (Lipinski definition) is 3. The summed E-state index contributed by atoms with van der Waals surface area (Å²) in [5, 5.41) is 2.86. The molecule has 2 heterocycles. The number of alkyl halides is 3. The highest BCUT2D eigenvalue weighted by atomic mass is 32.1. The smallest absolute Gasteiger partial charge is 0.416 e. The minimum absolute atomic E-state index is 0.00473. The molecule has 2 aromatic rings. The van der Waals surface area contributed by atoms with E-state index in [4.69, 9.17) is 17.0 Å². The molecule has 0 amide bonds. The van der Waals surface area contributed by atoms with E-state index in [1.54, 1.807) is 13.8 Å². The summed E-state index contributed by atoms with van der Waals surface area (Å²) in [7, 11) is 0. The molecular weight excluding hydrogens is 407 g/mol. The number of aromatic nitrogens is 2. The SMILES string of the molecule is CC1=C(C(=O)OC(C)C)C(c2ccccc2C(F)(F)F)c2c([nH]c(=S)[nH]c2=O)N1. The molecule has 1 aromatic heterocycles. The number of ether oxygens (including phenoxy) is 1. The molecule has 3 N–H and O–H groups in total. The highest BCUT2D eigenvalue weighted by molar-refractivity contribution is 7.71. The van der Waals surface area contributed by atoms with Gasteiger partial charge in [-0.05, 0) is 44.6 Å². The normalized spacial score (nSPS) is 16.4. The predicted octanol–water partition coefficient (Wildman–Crippen LogP) is 4.23. The van der Waals surface area contributed by atoms with E-state index in [2.05, 4.69) is 15.3 Å². The number of anilines is 1. The molecule has 0 spiro atoms. The number of halogens is 3. The summed E-state index contributed by atoms with van der Waals surface area (Å²) in [6.45, 7) is 4.78. The highest BCUT2D eigenvalue weighted by Gasteiger charge is 2.42. The van der Waals surface area contributed by atoms with Gasteiger partial charge in [0.15, 0.2) is 4.77 Å². The van der Waals surface area contributed by atoms with Crippen LogP contribution in [0.3, 0.4) is 0 Å². The first-order chi connectivity index (χ1) is 13.5. The van der Waals surface area contributed by atoms with Crippen LogP contribution < -0.4 is 10.9 Å². The summed E-state index contributed by atoms with van der Waals surface area (Å²) >= 11 is 4.96. The van der Waals surface area contributed by atoms with Gasteiger partial charge in [-0.15, -0.1) is 0 Å². The van der Waals surface area contributed by atoms with Crippen LogP contribution in [0.25, 0.3) is 0 Å². The number of H-pyrrole nitrogens is 2. The second kappa shape index (κ2) is 7.51. The van der Waals surface area contributed by atoms with Crippen molar-refractivity contribution in [2.45, 2.75) is 39.0 Å². The lowest BCUT2D eigenvalue weighted by Gasteiger charge is -2.30. The van der Waals surface area contributed by atoms with Gasteiger partial charge in [-0.1, -0.05) is 18.2 Å². The Balaban J connectivity index is 2.36. The number of carbonyl (C=O) groups is 1. The molecule has 0 saturated carbocycles. The van der Waals surface area contributed by atoms with Gasteiger partial charge in [0.1, 0.15) is 5.82 Å². The largest absolute Gasteiger partial charge is 0.460 e. The van der Waals surface area contributed by atoms with Crippen LogP contribution in [0, 0.1) is 4.77 Å². The van der Waals surface area contributed by atoms with Crippen LogP contribution in [-0.4, -0.2) is 22.0 Å². The Hall–Kier alpha value is -2.88. The first-order valence-corrected chi connectivity index (χ1v) is 9.13. The second-order valence-electron chi connectivity index (χ2n) is 6.83. The van der Waals surface area contributed by atoms with Crippen molar-refractivity contribution >= 4 is 24.0 Å². The Morgan fingerprint density at radius 2 is 1.86 bits per heavy atom. The molecule has 1 aliphatic rings. The van der Waals surface area contributed by atoms with Crippen LogP contribution >= 0.6 is 12.2 Å². The third kappa shape index (κ3) is 3.98. The van der Waals surface area contributed by atoms with Crippen molar-refractivity contribution in [2.75, 3.05) is 5.32 Å². The van der Waals surface area contributed by atoms with Gasteiger partial charge in [-0.3, -0.25) is 9.78 Å². The van der Waals surface area contributed by atoms with E-state index >= 15 is 0 Å². The molecule has 10 heteroatoms. The first kappa shape index (κ1) is 20.8. The summed E-state index contributed by atoms with van der Waals surface area (Å²) in [6.07, 6.45) is -5.18. The predicted molar refractivity (Wildman–Crippen MR) is 103 cm³/mol. The molecule has 1 aliphatic heterocycles. The average molecular weight is 425 g/mol. The molecule has 29 heavy (non-hydrogen) atoms. The van der Waals surface area contributed by atoms with E-state index < -0.39 is 35.3 Å². The van der Waals surface area contributed by atoms with E-state index in [9.17, 15) is 22.8 Å². The number of esters is 1. The lowest BCUT2D eigenvalue weighted by atomic mass is 9.80. The van der Waals surface area contributed by atoms with E-state index in [1.807, 2.05) is 0 Å². The van der Waals surface area contributed by atoms with Crippen LogP contribution in [0.1, 0.15) is 43.4 Å². The molecule has 154 valence electrons. The van der Waals surface area contributed by atoms with Crippen LogP contribution in [0.4, 0.5) is 19.0 Å². The average Bonchev–Trinajstić information content (AvgIpc) is 2.58. The first-order valence-electron chi connectivity index (χ1n) is 8.72. The zero-order chi connectivity index (χ0) is 21.5. The molecule has 0 bridgehead atoms. The maximum absolute atomic E-state index is 13.7. The van der Waals surface area contributed by atoms with Gasteiger partial charge >= 0.3 is 12.1 Å². The number of benzene rings is 1. The fourth-order valence-electron chi connectivity index (χ4n) is 3.35. The van der Waals surface area contributed by atoms with Crippen molar-refractivity contribution < 1.29 is 22.7 Å². The maximum atomic E-state index is 13.7. The Morgan fingerprint density at radius 3 is 2.48 bits per heavy atom. The van der Waals surface area contributed by atoms with Gasteiger partial charge in [0.25, 0.3) is 5.56 Å². The van der Waals surface area contributed by atoms with Crippen molar-refractivity contribution in [1.29, 1.82) is 0 Å². The molecular formula is C19H18F3N3O3S. The van der Waals surface area contributed by atoms with Crippen molar-refractivity contribution in [3.8, 4) is 0 Å². The van der Waals surface area contributed by atoms with E-state index in [0.717, 1.165) is 6.07 Å². The van der Waals surface area contributed by atoms with Crippen LogP contribution in [0.5, 0.6) is 0 Å². The number of hydrogen-bond acceptors (Lipinski definition) is 5. The summed E-state index contributed by atoms with van der Waals surface area (Å²) in [4.78, 5) is 30.6. The molecule has 6 nitrogen and oxygen atoms in total. The Labute approximate surface area is 168 Å². The van der Waals surface area contributed by atoms with Gasteiger partial charge in [-0.25, -0.2) is 4.79 Å². The second-order valence-corrected chi connectivity index (χ2v) is 7.24. The molecule has 1 unspecified atom stereocenters. The quantitative estimate of drug-likeness (QED) is 0.506. The van der Waals surface area contributed by atoms with Gasteiger partial charge in [-0.2, -0.15) is 13.2 Å². The zero-order valence-corrected chi connectivity index (χ0v) is 16.5. The summed E-state index contributed by atoms with van der Waals surface area (Å²) in [5.74, 6) is -1.97. The number of fused-ring (bicyclic) bond motifs is 1. The van der Waals surface area contributed by atoms with Gasteiger partial charge < -0.3 is 15.0 Å². The Bertz CT molecular complexity index is 1120. The van der Waals surface area contributed by atoms with E-state index in [-0.39, 0.29) is 33.0 Å². The number of carbonyl (C=O) groups excluding carboxylic acids is 1. The topological polar surface area (TPSA) is 87.0 Å². The Morgan fingerprint density at radius 1 is 1.21 bits per heavy atom. The monoisotopic (exact) mass is 425 g/mol. The minimum atomic E-state index is -4.68. The van der Waals surface area contributed by atoms with E-state index in [0.29, 0.717) is 0 Å². The summed E-state index contributed by atoms with van der Waals surface area (Å²) in [5.41, 5.74) is -1.74. The lowest BCUT2D eigenvalue weighted by molar-refractivity contribution is -0.143. The maximum Gasteiger partial charge on any atom is 0.416 e. The van der Waals surface area contributed by atoms with Crippen LogP contribution in [0.15, 0.2) is 40.3 Å². The Kier molecular flexibility index (Phi) is 5.40. The van der Waals surface area contributed by atoms with Crippen LogP contribution in [0.2, 0.25) is 0 Å². The van der Waals surface area contributed by atoms with Crippen LogP contribution in [-0.2, 0) is 15.7 Å². The molecule has 3 rings (SSSR count). The molecule has 0 aliphatic carbocycles. The minimum Gasteiger partial charge on any atom is -0.460 e. The molecule has 1 atom stereocenters. The fourth-order valence-corrected chi connectivity index (χ4v) is 3.55. The number of rotatable bonds is 3. The lowest BCUT2D eigenvalue weighted by Crippen LogP contribution is -2.32. The fraction of sp³-hybridized carbons (Fsp3) is 0.316. The van der Waals surface area contributed by atoms with Crippen molar-refractivity contribution in [1.82, 2.24) is 9.97 Å². The van der Waals surface area contributed by atoms with Crippen molar-refractivity contribution in [3.63, 3.8) is 0 Å². The van der Waals surface area contributed by atoms with Gasteiger partial charge in [0.05, 0.1) is 28.7 Å². The van der Waals surface area contributed by atoms with Gasteiger partial charge in [0, 0.05) is 5.70 Å². The zero-order valence-electron chi connectivity index (χ0n) is 15.7. The highest BCUT2D eigenvalue weighted by Crippen LogP contribution is 2.44. The molecule has 0 fully saturated rings. The van der Waals surface area contributed by atoms with E-state index in [1.165, 1.54) is 25.1 Å².